The van der Waals surface area contributed by atoms with E-state index in [-0.39, 0.29) is 0 Å². The number of nitrogens with one attached hydrogen (secondary N) is 1. The van der Waals surface area contributed by atoms with Crippen molar-refractivity contribution in [3.63, 3.8) is 0 Å². The number of piperidine rings is 1. The lowest BCUT2D eigenvalue weighted by atomic mass is 9.92. The van der Waals surface area contributed by atoms with E-state index in [4.69, 9.17) is 0 Å². The third-order valence-corrected chi connectivity index (χ3v) is 3.26. The molecule has 1 fully saturated rings. The van der Waals surface area contributed by atoms with Crippen LogP contribution >= 0.6 is 0 Å². The van der Waals surface area contributed by atoms with Crippen LogP contribution in [0.3, 0.4) is 0 Å². The first-order chi connectivity index (χ1) is 5.74. The summed E-state index contributed by atoms with van der Waals surface area (Å²) in [5, 5.41) is 0. The first-order valence-corrected chi connectivity index (χ1v) is 5.58. The van der Waals surface area contributed by atoms with Crippen LogP contribution in [0.4, 0.5) is 0 Å². The van der Waals surface area contributed by atoms with Crippen molar-refractivity contribution in [2.75, 3.05) is 13.1 Å². The molecule has 0 radical (unpaired) electrons. The molecule has 1 heteroatoms. The van der Waals surface area contributed by atoms with Gasteiger partial charge in [0, 0.05) is 0 Å². The molecule has 0 bridgehead atoms. The van der Waals surface area contributed by atoms with Gasteiger partial charge in [0.2, 0.25) is 0 Å². The van der Waals surface area contributed by atoms with Crippen LogP contribution in [0, 0.1) is 5.92 Å². The average Bonchev–Trinajstić information content (AvgIpc) is 2.06. The predicted molar refractivity (Wildman–Crippen MR) is 53.5 cm³/mol. The molecule has 1 nitrogen and oxygen atoms in total. The molecule has 1 heterocycles. The molecule has 1 aliphatic rings. The van der Waals surface area contributed by atoms with Gasteiger partial charge in [-0.3, -0.25) is 0 Å². The van der Waals surface area contributed by atoms with E-state index in [0.29, 0.717) is 0 Å². The second kappa shape index (κ2) is 4.86. The molecule has 0 aromatic heterocycles. The highest BCUT2D eigenvalue weighted by molar-refractivity contribution is 4.61. The molecular weight excluding hydrogens is 146 g/mol. The van der Waals surface area contributed by atoms with E-state index in [0.717, 1.165) is 12.0 Å². The molecule has 0 aliphatic carbocycles. The zero-order valence-electron chi connectivity index (χ0n) is 8.90. The lowest BCUT2D eigenvalue weighted by Crippen LogP contribution is -3.15. The minimum atomic E-state index is 0.840. The Balaban J connectivity index is 2.20. The smallest absolute Gasteiger partial charge is 0.0817 e. The summed E-state index contributed by atoms with van der Waals surface area (Å²) in [4.78, 5) is 1.82. The van der Waals surface area contributed by atoms with Gasteiger partial charge in [-0.15, -0.1) is 0 Å². The summed E-state index contributed by atoms with van der Waals surface area (Å²) in [6.45, 7) is 9.83. The maximum atomic E-state index is 2.34. The molecule has 1 aliphatic heterocycles. The van der Waals surface area contributed by atoms with Crippen molar-refractivity contribution >= 4 is 0 Å². The molecule has 0 spiro atoms. The van der Waals surface area contributed by atoms with E-state index in [1.165, 1.54) is 38.8 Å². The SMILES string of the molecule is CCCC1CC[NH+](C(C)C)CC1. The number of quaternary nitrogens is 1. The van der Waals surface area contributed by atoms with Gasteiger partial charge >= 0.3 is 0 Å². The van der Waals surface area contributed by atoms with Crippen LogP contribution in [-0.4, -0.2) is 19.1 Å². The summed E-state index contributed by atoms with van der Waals surface area (Å²) in [6, 6.07) is 0.840. The van der Waals surface area contributed by atoms with Crippen molar-refractivity contribution in [1.29, 1.82) is 0 Å². The minimum Gasteiger partial charge on any atom is -0.333 e. The molecule has 0 unspecified atom stereocenters. The first-order valence-electron chi connectivity index (χ1n) is 5.58. The summed E-state index contributed by atoms with van der Waals surface area (Å²) in [5.74, 6) is 1.05. The molecule has 1 saturated heterocycles. The van der Waals surface area contributed by atoms with Crippen LogP contribution in [0.5, 0.6) is 0 Å². The van der Waals surface area contributed by atoms with Gasteiger partial charge in [-0.25, -0.2) is 0 Å². The molecule has 0 saturated carbocycles. The van der Waals surface area contributed by atoms with Gasteiger partial charge in [0.15, 0.2) is 0 Å². The van der Waals surface area contributed by atoms with Crippen LogP contribution in [-0.2, 0) is 0 Å². The van der Waals surface area contributed by atoms with Crippen molar-refractivity contribution in [3.8, 4) is 0 Å². The standard InChI is InChI=1S/C11H23N/c1-4-5-11-6-8-12(9-7-11)10(2)3/h10-11H,4-9H2,1-3H3/p+1. The summed E-state index contributed by atoms with van der Waals surface area (Å²) in [6.07, 6.45) is 5.79. The predicted octanol–water partition coefficient (Wildman–Crippen LogP) is 1.49. The Kier molecular flexibility index (Phi) is 4.07. The van der Waals surface area contributed by atoms with Crippen LogP contribution < -0.4 is 4.90 Å². The van der Waals surface area contributed by atoms with Crippen molar-refractivity contribution < 1.29 is 4.90 Å². The van der Waals surface area contributed by atoms with Gasteiger partial charge in [-0.1, -0.05) is 19.8 Å². The molecule has 1 N–H and O–H groups in total. The van der Waals surface area contributed by atoms with Gasteiger partial charge in [0.1, 0.15) is 0 Å². The number of hydrogen-bond acceptors (Lipinski definition) is 0. The molecule has 0 aromatic rings. The average molecular weight is 170 g/mol. The second-order valence-electron chi connectivity index (χ2n) is 4.54. The monoisotopic (exact) mass is 170 g/mol. The number of rotatable bonds is 3. The van der Waals surface area contributed by atoms with Crippen molar-refractivity contribution in [2.24, 2.45) is 5.92 Å². The Hall–Kier alpha value is -0.0400. The van der Waals surface area contributed by atoms with E-state index in [1.54, 1.807) is 0 Å². The summed E-state index contributed by atoms with van der Waals surface area (Å²) in [7, 11) is 0. The van der Waals surface area contributed by atoms with Gasteiger partial charge in [0.05, 0.1) is 19.1 Å². The van der Waals surface area contributed by atoms with Crippen molar-refractivity contribution in [2.45, 2.75) is 52.5 Å². The largest absolute Gasteiger partial charge is 0.333 e. The van der Waals surface area contributed by atoms with Crippen LogP contribution in [0.25, 0.3) is 0 Å². The Labute approximate surface area is 77.1 Å². The van der Waals surface area contributed by atoms with Gasteiger partial charge < -0.3 is 4.90 Å². The Morgan fingerprint density at radius 2 is 1.83 bits per heavy atom. The summed E-state index contributed by atoms with van der Waals surface area (Å²) >= 11 is 0. The van der Waals surface area contributed by atoms with E-state index < -0.39 is 0 Å². The fraction of sp³-hybridized carbons (Fsp3) is 1.00. The van der Waals surface area contributed by atoms with Crippen LogP contribution in [0.2, 0.25) is 0 Å². The van der Waals surface area contributed by atoms with Gasteiger partial charge in [0.25, 0.3) is 0 Å². The zero-order valence-corrected chi connectivity index (χ0v) is 8.90. The fourth-order valence-corrected chi connectivity index (χ4v) is 2.32. The van der Waals surface area contributed by atoms with E-state index in [1.807, 2.05) is 4.90 Å². The van der Waals surface area contributed by atoms with Crippen molar-refractivity contribution in [1.82, 2.24) is 0 Å². The third-order valence-electron chi connectivity index (χ3n) is 3.26. The molecular formula is C11H24N+. The topological polar surface area (TPSA) is 4.44 Å². The Bertz CT molecular complexity index is 112. The molecule has 0 atom stereocenters. The Morgan fingerprint density at radius 1 is 1.25 bits per heavy atom. The van der Waals surface area contributed by atoms with Crippen molar-refractivity contribution in [3.05, 3.63) is 0 Å². The second-order valence-corrected chi connectivity index (χ2v) is 4.54. The molecule has 1 rings (SSSR count). The van der Waals surface area contributed by atoms with E-state index in [9.17, 15) is 0 Å². The highest BCUT2D eigenvalue weighted by Gasteiger charge is 2.22. The highest BCUT2D eigenvalue weighted by Crippen LogP contribution is 2.15. The molecule has 72 valence electrons. The Morgan fingerprint density at radius 3 is 2.25 bits per heavy atom. The van der Waals surface area contributed by atoms with Gasteiger partial charge in [-0.2, -0.15) is 0 Å². The summed E-state index contributed by atoms with van der Waals surface area (Å²) < 4.78 is 0. The first kappa shape index (κ1) is 10.0. The highest BCUT2D eigenvalue weighted by atomic mass is 15.1. The minimum absolute atomic E-state index is 0.840. The maximum absolute atomic E-state index is 2.34. The normalized spacial score (nSPS) is 31.0. The van der Waals surface area contributed by atoms with E-state index in [2.05, 4.69) is 20.8 Å². The fourth-order valence-electron chi connectivity index (χ4n) is 2.32. The quantitative estimate of drug-likeness (QED) is 0.654. The van der Waals surface area contributed by atoms with Crippen LogP contribution in [0.15, 0.2) is 0 Å². The molecule has 0 aromatic carbocycles. The molecule has 12 heavy (non-hydrogen) atoms. The molecule has 0 amide bonds. The van der Waals surface area contributed by atoms with Crippen LogP contribution in [0.1, 0.15) is 46.5 Å². The number of likely N-dealkylation sites (tertiary alicyclic amines) is 1. The lowest BCUT2D eigenvalue weighted by Gasteiger charge is -2.31. The lowest BCUT2D eigenvalue weighted by molar-refractivity contribution is -0.927. The third kappa shape index (κ3) is 2.78. The summed E-state index contributed by atoms with van der Waals surface area (Å²) in [5.41, 5.74) is 0. The maximum Gasteiger partial charge on any atom is 0.0817 e. The zero-order chi connectivity index (χ0) is 8.97. The van der Waals surface area contributed by atoms with Gasteiger partial charge in [-0.05, 0) is 32.6 Å². The number of hydrogen-bond donors (Lipinski definition) is 1. The van der Waals surface area contributed by atoms with E-state index >= 15 is 0 Å².